The first-order valence-electron chi connectivity index (χ1n) is 9.67. The van der Waals surface area contributed by atoms with Gasteiger partial charge < -0.3 is 14.5 Å². The Morgan fingerprint density at radius 2 is 1.79 bits per heavy atom. The van der Waals surface area contributed by atoms with Gasteiger partial charge >= 0.3 is 5.97 Å². The minimum Gasteiger partial charge on any atom is -0.469 e. The maximum absolute atomic E-state index is 12.8. The van der Waals surface area contributed by atoms with Gasteiger partial charge in [0, 0.05) is 57.9 Å². The van der Waals surface area contributed by atoms with Crippen molar-refractivity contribution in [1.82, 2.24) is 20.3 Å². The van der Waals surface area contributed by atoms with Gasteiger partial charge in [0.25, 0.3) is 0 Å². The molecule has 0 radical (unpaired) electrons. The third-order valence-corrected chi connectivity index (χ3v) is 5.30. The molecular formula is C19H31Cl2N5O3. The molecule has 0 aliphatic carbocycles. The van der Waals surface area contributed by atoms with Gasteiger partial charge in [0.2, 0.25) is 5.91 Å². The molecule has 0 bridgehead atoms. The van der Waals surface area contributed by atoms with E-state index in [2.05, 4.69) is 25.1 Å². The first-order valence-corrected chi connectivity index (χ1v) is 9.67. The molecule has 29 heavy (non-hydrogen) atoms. The number of hydrazine groups is 1. The van der Waals surface area contributed by atoms with Crippen molar-refractivity contribution in [2.24, 2.45) is 5.92 Å². The number of methoxy groups -OCH3 is 1. The van der Waals surface area contributed by atoms with Gasteiger partial charge in [0.15, 0.2) is 0 Å². The Bertz CT molecular complexity index is 622. The molecule has 3 rings (SSSR count). The molecule has 1 amide bonds. The molecule has 0 spiro atoms. The summed E-state index contributed by atoms with van der Waals surface area (Å²) in [4.78, 5) is 32.6. The minimum atomic E-state index is -0.211. The molecule has 2 aliphatic heterocycles. The van der Waals surface area contributed by atoms with Crippen LogP contribution in [0.4, 0.5) is 5.82 Å². The van der Waals surface area contributed by atoms with E-state index < -0.39 is 0 Å². The van der Waals surface area contributed by atoms with Gasteiger partial charge in [-0.1, -0.05) is 6.07 Å². The molecule has 1 aromatic rings. The number of anilines is 1. The highest BCUT2D eigenvalue weighted by atomic mass is 35.5. The molecule has 1 N–H and O–H groups in total. The number of esters is 1. The van der Waals surface area contributed by atoms with E-state index in [9.17, 15) is 9.59 Å². The topological polar surface area (TPSA) is 78.0 Å². The number of hydrogen-bond acceptors (Lipinski definition) is 7. The number of ether oxygens (including phenoxy) is 1. The van der Waals surface area contributed by atoms with Crippen molar-refractivity contribution in [2.45, 2.75) is 19.3 Å². The zero-order chi connectivity index (χ0) is 19.1. The van der Waals surface area contributed by atoms with Crippen LogP contribution in [0, 0.1) is 5.92 Å². The van der Waals surface area contributed by atoms with Crippen LogP contribution >= 0.6 is 24.8 Å². The largest absolute Gasteiger partial charge is 0.469 e. The Labute approximate surface area is 184 Å². The Morgan fingerprint density at radius 1 is 1.10 bits per heavy atom. The quantitative estimate of drug-likeness (QED) is 0.659. The number of piperidine rings is 1. The first kappa shape index (κ1) is 25.4. The maximum atomic E-state index is 12.8. The number of pyridine rings is 1. The zero-order valence-electron chi connectivity index (χ0n) is 16.8. The summed E-state index contributed by atoms with van der Waals surface area (Å²) in [7, 11) is 1.40. The van der Waals surface area contributed by atoms with E-state index in [1.54, 1.807) is 6.20 Å². The minimum absolute atomic E-state index is 0. The fraction of sp³-hybridized carbons (Fsp3) is 0.632. The van der Waals surface area contributed by atoms with Crippen molar-refractivity contribution in [2.75, 3.05) is 57.8 Å². The zero-order valence-corrected chi connectivity index (χ0v) is 18.4. The summed E-state index contributed by atoms with van der Waals surface area (Å²) >= 11 is 0. The van der Waals surface area contributed by atoms with Crippen molar-refractivity contribution in [1.29, 1.82) is 0 Å². The van der Waals surface area contributed by atoms with Crippen LogP contribution in [-0.4, -0.2) is 79.7 Å². The van der Waals surface area contributed by atoms with E-state index in [0.717, 1.165) is 57.9 Å². The van der Waals surface area contributed by atoms with Gasteiger partial charge in [-0.3, -0.25) is 15.0 Å². The van der Waals surface area contributed by atoms with E-state index in [-0.39, 0.29) is 42.6 Å². The molecule has 8 nitrogen and oxygen atoms in total. The fourth-order valence-corrected chi connectivity index (χ4v) is 3.66. The van der Waals surface area contributed by atoms with E-state index >= 15 is 0 Å². The molecule has 2 fully saturated rings. The molecule has 0 saturated carbocycles. The molecule has 0 atom stereocenters. The first-order chi connectivity index (χ1) is 13.2. The molecule has 1 aromatic heterocycles. The Balaban J connectivity index is 0.00000210. The van der Waals surface area contributed by atoms with Crippen LogP contribution in [0.25, 0.3) is 0 Å². The number of carbonyl (C=O) groups is 2. The number of rotatable bonds is 6. The molecule has 0 aromatic carbocycles. The van der Waals surface area contributed by atoms with Crippen LogP contribution in [0.2, 0.25) is 0 Å². The van der Waals surface area contributed by atoms with Crippen LogP contribution in [0.1, 0.15) is 19.3 Å². The molecule has 0 unspecified atom stereocenters. The summed E-state index contributed by atoms with van der Waals surface area (Å²) in [5, 5.41) is 2.10. The van der Waals surface area contributed by atoms with Gasteiger partial charge in [-0.05, 0) is 25.0 Å². The van der Waals surface area contributed by atoms with Gasteiger partial charge in [-0.25, -0.2) is 9.99 Å². The van der Waals surface area contributed by atoms with Gasteiger partial charge in [-0.2, -0.15) is 0 Å². The third kappa shape index (κ3) is 7.29. The van der Waals surface area contributed by atoms with E-state index in [0.29, 0.717) is 13.0 Å². The molecule has 2 aliphatic rings. The Kier molecular flexibility index (Phi) is 11.3. The predicted molar refractivity (Wildman–Crippen MR) is 116 cm³/mol. The summed E-state index contributed by atoms with van der Waals surface area (Å²) in [5.41, 5.74) is 3.24. The van der Waals surface area contributed by atoms with Gasteiger partial charge in [0.1, 0.15) is 5.82 Å². The molecule has 164 valence electrons. The molecule has 10 heteroatoms. The fourth-order valence-electron chi connectivity index (χ4n) is 3.66. The normalized spacial score (nSPS) is 17.8. The number of halogens is 2. The number of aromatic nitrogens is 1. The highest BCUT2D eigenvalue weighted by molar-refractivity contribution is 5.85. The second-order valence-electron chi connectivity index (χ2n) is 7.00. The van der Waals surface area contributed by atoms with Crippen molar-refractivity contribution in [3.8, 4) is 0 Å². The monoisotopic (exact) mass is 447 g/mol. The highest BCUT2D eigenvalue weighted by Crippen LogP contribution is 2.20. The Morgan fingerprint density at radius 3 is 2.38 bits per heavy atom. The van der Waals surface area contributed by atoms with Crippen molar-refractivity contribution in [3.63, 3.8) is 0 Å². The van der Waals surface area contributed by atoms with E-state index in [4.69, 9.17) is 0 Å². The summed E-state index contributed by atoms with van der Waals surface area (Å²) in [6.07, 6.45) is 3.87. The average Bonchev–Trinajstić information content (AvgIpc) is 2.74. The average molecular weight is 448 g/mol. The van der Waals surface area contributed by atoms with Gasteiger partial charge in [-0.15, -0.1) is 24.8 Å². The van der Waals surface area contributed by atoms with E-state index in [1.165, 1.54) is 7.11 Å². The number of nitrogens with one attached hydrogen (secondary N) is 1. The SMILES string of the molecule is COC(=O)CCNN1CCC(C(=O)N2CCN(c3ccccn3)CC2)CC1.Cl.Cl. The summed E-state index contributed by atoms with van der Waals surface area (Å²) in [6.45, 7) is 5.39. The lowest BCUT2D eigenvalue weighted by atomic mass is 9.96. The molecule has 2 saturated heterocycles. The second kappa shape index (κ2) is 12.8. The van der Waals surface area contributed by atoms with Crippen LogP contribution in [0.3, 0.4) is 0 Å². The van der Waals surface area contributed by atoms with Crippen molar-refractivity contribution < 1.29 is 14.3 Å². The number of piperazine rings is 1. The second-order valence-corrected chi connectivity index (χ2v) is 7.00. The number of amides is 1. The van der Waals surface area contributed by atoms with Crippen LogP contribution in [-0.2, 0) is 14.3 Å². The predicted octanol–water partition coefficient (Wildman–Crippen LogP) is 1.35. The lowest BCUT2D eigenvalue weighted by Gasteiger charge is -2.39. The van der Waals surface area contributed by atoms with E-state index in [1.807, 2.05) is 23.1 Å². The molecule has 3 heterocycles. The van der Waals surface area contributed by atoms with Crippen LogP contribution < -0.4 is 10.3 Å². The van der Waals surface area contributed by atoms with Crippen molar-refractivity contribution >= 4 is 42.5 Å². The van der Waals surface area contributed by atoms with Crippen LogP contribution in [0.15, 0.2) is 24.4 Å². The smallest absolute Gasteiger partial charge is 0.306 e. The number of carbonyl (C=O) groups excluding carboxylic acids is 2. The maximum Gasteiger partial charge on any atom is 0.306 e. The summed E-state index contributed by atoms with van der Waals surface area (Å²) < 4.78 is 4.64. The lowest BCUT2D eigenvalue weighted by Crippen LogP contribution is -2.52. The summed E-state index contributed by atoms with van der Waals surface area (Å²) in [5.74, 6) is 1.16. The standard InChI is InChI=1S/C19H29N5O3.2ClH/c1-27-18(25)5-9-21-24-10-6-16(7-11-24)19(26)23-14-12-22(13-15-23)17-4-2-3-8-20-17;;/h2-4,8,16,21H,5-7,9-15H2,1H3;2*1H. The summed E-state index contributed by atoms with van der Waals surface area (Å²) in [6, 6.07) is 5.92. The lowest BCUT2D eigenvalue weighted by molar-refractivity contribution is -0.140. The highest BCUT2D eigenvalue weighted by Gasteiger charge is 2.30. The Hall–Kier alpha value is -1.61. The number of nitrogens with zero attached hydrogens (tertiary/aromatic N) is 4. The van der Waals surface area contributed by atoms with Crippen molar-refractivity contribution in [3.05, 3.63) is 24.4 Å². The molecular weight excluding hydrogens is 417 g/mol. The van der Waals surface area contributed by atoms with Crippen LogP contribution in [0.5, 0.6) is 0 Å². The van der Waals surface area contributed by atoms with Gasteiger partial charge in [0.05, 0.1) is 13.5 Å². The number of hydrogen-bond donors (Lipinski definition) is 1. The third-order valence-electron chi connectivity index (χ3n) is 5.30.